The van der Waals surface area contributed by atoms with Gasteiger partial charge in [0, 0.05) is 45.6 Å². The number of amides is 2. The molecule has 5 rings (SSSR count). The lowest BCUT2D eigenvalue weighted by Crippen LogP contribution is -2.29. The average molecular weight is 665 g/mol. The highest BCUT2D eigenvalue weighted by Gasteiger charge is 2.21. The quantitative estimate of drug-likeness (QED) is 0.164. The molecule has 0 aliphatic heterocycles. The molecule has 0 fully saturated rings. The summed E-state index contributed by atoms with van der Waals surface area (Å²) in [6.07, 6.45) is 4.29. The van der Waals surface area contributed by atoms with Crippen molar-refractivity contribution in [2.75, 3.05) is 12.4 Å². The number of nitrogens with zero attached hydrogens (tertiary/aromatic N) is 7. The highest BCUT2D eigenvalue weighted by atomic mass is 35.5. The molecule has 0 aliphatic rings. The summed E-state index contributed by atoms with van der Waals surface area (Å²) in [7, 11) is 1.29. The van der Waals surface area contributed by atoms with Crippen LogP contribution in [0.3, 0.4) is 0 Å². The molecule has 2 aromatic carbocycles. The van der Waals surface area contributed by atoms with Gasteiger partial charge in [0.1, 0.15) is 6.33 Å². The van der Waals surface area contributed by atoms with Gasteiger partial charge in [-0.15, -0.1) is 21.5 Å². The summed E-state index contributed by atoms with van der Waals surface area (Å²) in [5.41, 5.74) is 4.48. The minimum atomic E-state index is -0.591. The molecule has 1 unspecified atom stereocenters. The molecule has 230 valence electrons. The zero-order chi connectivity index (χ0) is 31.9. The first-order valence-corrected chi connectivity index (χ1v) is 15.3. The Morgan fingerprint density at radius 1 is 1.09 bits per heavy atom. The van der Waals surface area contributed by atoms with Gasteiger partial charge in [-0.2, -0.15) is 9.78 Å². The monoisotopic (exact) mass is 663 g/mol. The number of hydrogen-bond acceptors (Lipinski definition) is 10. The molecule has 12 nitrogen and oxygen atoms in total. The lowest BCUT2D eigenvalue weighted by Gasteiger charge is -2.17. The number of rotatable bonds is 10. The SMILES string of the molecule is COC(=O)Nc1ccc(-c2cc(C(Cc3csc(C(C)C)n3)NC(=O)C=Cc3cc(Cl)ccc3-n3cnnn3)nnc2Cl)cc1. The first-order chi connectivity index (χ1) is 21.7. The smallest absolute Gasteiger partial charge is 0.411 e. The van der Waals surface area contributed by atoms with E-state index in [4.69, 9.17) is 28.2 Å². The Bertz CT molecular complexity index is 1830. The number of benzene rings is 2. The van der Waals surface area contributed by atoms with Crippen LogP contribution in [0.15, 0.2) is 66.3 Å². The summed E-state index contributed by atoms with van der Waals surface area (Å²) in [5.74, 6) is -0.108. The Balaban J connectivity index is 1.43. The van der Waals surface area contributed by atoms with Crippen molar-refractivity contribution in [2.45, 2.75) is 32.2 Å². The van der Waals surface area contributed by atoms with Crippen LogP contribution in [0.2, 0.25) is 10.2 Å². The number of hydrogen-bond donors (Lipinski definition) is 2. The van der Waals surface area contributed by atoms with Crippen molar-refractivity contribution in [3.63, 3.8) is 0 Å². The maximum atomic E-state index is 13.3. The van der Waals surface area contributed by atoms with Crippen molar-refractivity contribution in [3.8, 4) is 16.8 Å². The van der Waals surface area contributed by atoms with Crippen LogP contribution in [-0.4, -0.2) is 54.5 Å². The maximum Gasteiger partial charge on any atom is 0.411 e. The van der Waals surface area contributed by atoms with E-state index >= 15 is 0 Å². The van der Waals surface area contributed by atoms with Gasteiger partial charge in [0.2, 0.25) is 5.91 Å². The van der Waals surface area contributed by atoms with Gasteiger partial charge in [0.15, 0.2) is 5.15 Å². The Hall–Kier alpha value is -4.72. The summed E-state index contributed by atoms with van der Waals surface area (Å²) in [5, 5.41) is 29.1. The standard InChI is InChI=1S/C30H27Cl2N9O3S/c1-17(2)29-34-22(15-45-29)13-24(36-27(42)11-6-19-12-20(31)7-10-26(19)41-16-33-39-40-41)25-14-23(28(32)38-37-25)18-4-8-21(9-5-18)35-30(43)44-3/h4-12,14-17,24H,13H2,1-3H3,(H,35,43)(H,36,42). The number of aromatic nitrogens is 7. The maximum absolute atomic E-state index is 13.3. The van der Waals surface area contributed by atoms with Gasteiger partial charge in [0.25, 0.3) is 0 Å². The van der Waals surface area contributed by atoms with E-state index in [1.807, 2.05) is 5.38 Å². The van der Waals surface area contributed by atoms with Crippen LogP contribution in [0.1, 0.15) is 47.8 Å². The van der Waals surface area contributed by atoms with Crippen molar-refractivity contribution in [1.82, 2.24) is 40.7 Å². The molecule has 0 spiro atoms. The average Bonchev–Trinajstić information content (AvgIpc) is 3.74. The number of ether oxygens (including phenoxy) is 1. The fraction of sp³-hybridized carbons (Fsp3) is 0.200. The lowest BCUT2D eigenvalue weighted by molar-refractivity contribution is -0.117. The summed E-state index contributed by atoms with van der Waals surface area (Å²) in [6, 6.07) is 13.4. The lowest BCUT2D eigenvalue weighted by atomic mass is 10.0. The molecule has 0 radical (unpaired) electrons. The van der Waals surface area contributed by atoms with Crippen LogP contribution in [0.5, 0.6) is 0 Å². The van der Waals surface area contributed by atoms with Crippen molar-refractivity contribution in [2.24, 2.45) is 0 Å². The van der Waals surface area contributed by atoms with Gasteiger partial charge in [-0.1, -0.05) is 49.2 Å². The van der Waals surface area contributed by atoms with Gasteiger partial charge in [0.05, 0.1) is 35.2 Å². The van der Waals surface area contributed by atoms with Crippen LogP contribution in [0, 0.1) is 0 Å². The van der Waals surface area contributed by atoms with E-state index in [-0.39, 0.29) is 17.0 Å². The minimum absolute atomic E-state index is 0.184. The van der Waals surface area contributed by atoms with E-state index in [1.165, 1.54) is 24.2 Å². The van der Waals surface area contributed by atoms with Crippen LogP contribution in [0.4, 0.5) is 10.5 Å². The Morgan fingerprint density at radius 2 is 1.89 bits per heavy atom. The van der Waals surface area contributed by atoms with Crippen molar-refractivity contribution in [1.29, 1.82) is 0 Å². The molecule has 3 heterocycles. The molecular weight excluding hydrogens is 637 g/mol. The predicted octanol–water partition coefficient (Wildman–Crippen LogP) is 6.30. The highest BCUT2D eigenvalue weighted by molar-refractivity contribution is 7.09. The van der Waals surface area contributed by atoms with E-state index in [9.17, 15) is 9.59 Å². The topological polar surface area (TPSA) is 150 Å². The van der Waals surface area contributed by atoms with Gasteiger partial charge >= 0.3 is 6.09 Å². The molecule has 15 heteroatoms. The highest BCUT2D eigenvalue weighted by Crippen LogP contribution is 2.30. The Morgan fingerprint density at radius 3 is 2.58 bits per heavy atom. The molecule has 2 amide bonds. The van der Waals surface area contributed by atoms with Crippen molar-refractivity contribution < 1.29 is 14.3 Å². The number of anilines is 1. The summed E-state index contributed by atoms with van der Waals surface area (Å²) in [6.45, 7) is 4.16. The predicted molar refractivity (Wildman–Crippen MR) is 172 cm³/mol. The zero-order valence-corrected chi connectivity index (χ0v) is 26.6. The second-order valence-corrected chi connectivity index (χ2v) is 11.7. The number of nitrogens with one attached hydrogen (secondary N) is 2. The van der Waals surface area contributed by atoms with Crippen molar-refractivity contribution >= 4 is 58.3 Å². The number of methoxy groups -OCH3 is 1. The van der Waals surface area contributed by atoms with Gasteiger partial charge < -0.3 is 10.1 Å². The minimum Gasteiger partial charge on any atom is -0.453 e. The molecule has 3 aromatic heterocycles. The first kappa shape index (κ1) is 31.7. The van der Waals surface area contributed by atoms with E-state index in [2.05, 4.69) is 54.9 Å². The second kappa shape index (κ2) is 14.4. The van der Waals surface area contributed by atoms with E-state index in [0.29, 0.717) is 39.6 Å². The third kappa shape index (κ3) is 8.06. The normalized spacial score (nSPS) is 12.0. The number of thiazole rings is 1. The fourth-order valence-corrected chi connectivity index (χ4v) is 5.54. The van der Waals surface area contributed by atoms with E-state index in [1.54, 1.807) is 65.9 Å². The number of tetrazole rings is 1. The van der Waals surface area contributed by atoms with Crippen LogP contribution >= 0.6 is 34.5 Å². The molecule has 0 bridgehead atoms. The molecule has 5 aromatic rings. The molecule has 2 N–H and O–H groups in total. The molecular formula is C30H27Cl2N9O3S. The zero-order valence-electron chi connectivity index (χ0n) is 24.3. The third-order valence-electron chi connectivity index (χ3n) is 6.55. The number of carbonyl (C=O) groups excluding carboxylic acids is 2. The molecule has 0 saturated carbocycles. The van der Waals surface area contributed by atoms with Crippen LogP contribution < -0.4 is 10.6 Å². The number of halogens is 2. The van der Waals surface area contributed by atoms with Gasteiger partial charge in [-0.25, -0.2) is 9.78 Å². The van der Waals surface area contributed by atoms with E-state index in [0.717, 1.165) is 16.3 Å². The summed E-state index contributed by atoms with van der Waals surface area (Å²) < 4.78 is 6.13. The summed E-state index contributed by atoms with van der Waals surface area (Å²) in [4.78, 5) is 29.7. The van der Waals surface area contributed by atoms with Gasteiger partial charge in [-0.3, -0.25) is 10.1 Å². The molecule has 0 saturated heterocycles. The van der Waals surface area contributed by atoms with Crippen molar-refractivity contribution in [3.05, 3.63) is 98.4 Å². The Kier molecular flexibility index (Phi) is 10.1. The third-order valence-corrected chi connectivity index (χ3v) is 8.25. The summed E-state index contributed by atoms with van der Waals surface area (Å²) >= 11 is 14.3. The van der Waals surface area contributed by atoms with E-state index < -0.39 is 12.1 Å². The van der Waals surface area contributed by atoms with Crippen LogP contribution in [-0.2, 0) is 16.0 Å². The second-order valence-electron chi connectivity index (χ2n) is 10.1. The fourth-order valence-electron chi connectivity index (χ4n) is 4.31. The van der Waals surface area contributed by atoms with Crippen LogP contribution in [0.25, 0.3) is 22.9 Å². The Labute approximate surface area is 272 Å². The number of carbonyl (C=O) groups is 2. The molecule has 45 heavy (non-hydrogen) atoms. The molecule has 1 atom stereocenters. The first-order valence-electron chi connectivity index (χ1n) is 13.6. The largest absolute Gasteiger partial charge is 0.453 e. The van der Waals surface area contributed by atoms with Gasteiger partial charge in [-0.05, 0) is 58.5 Å². The molecule has 0 aliphatic carbocycles.